The Kier molecular flexibility index (Phi) is 4.31. The molecule has 0 saturated carbocycles. The molecule has 0 spiro atoms. The predicted octanol–water partition coefficient (Wildman–Crippen LogP) is 0.648. The van der Waals surface area contributed by atoms with E-state index in [0.29, 0.717) is 5.13 Å². The fraction of sp³-hybridized carbons (Fsp3) is 0.625. The van der Waals surface area contributed by atoms with E-state index < -0.39 is 0 Å². The fourth-order valence-electron chi connectivity index (χ4n) is 0.895. The highest BCUT2D eigenvalue weighted by Gasteiger charge is 2.03. The van der Waals surface area contributed by atoms with Gasteiger partial charge in [-0.25, -0.2) is 4.98 Å². The highest BCUT2D eigenvalue weighted by molar-refractivity contribution is 7.09. The van der Waals surface area contributed by atoms with Gasteiger partial charge in [-0.1, -0.05) is 6.92 Å². The number of nitrogens with one attached hydrogen (secondary N) is 2. The van der Waals surface area contributed by atoms with Crippen molar-refractivity contribution < 1.29 is 4.79 Å². The molecule has 0 aliphatic rings. The quantitative estimate of drug-likeness (QED) is 0.755. The molecule has 78 valence electrons. The summed E-state index contributed by atoms with van der Waals surface area (Å²) in [5.41, 5.74) is 0. The van der Waals surface area contributed by atoms with Crippen LogP contribution in [-0.4, -0.2) is 28.9 Å². The number of carbonyl (C=O) groups is 1. The Morgan fingerprint density at radius 1 is 1.57 bits per heavy atom. The molecule has 0 bridgehead atoms. The van der Waals surface area contributed by atoms with E-state index >= 15 is 0 Å². The van der Waals surface area contributed by atoms with E-state index in [9.17, 15) is 4.79 Å². The summed E-state index contributed by atoms with van der Waals surface area (Å²) < 4.78 is 4.15. The minimum Gasteiger partial charge on any atom is -0.358 e. The number of likely N-dealkylation sites (N-methyl/N-ethyl adjacent to an activating group) is 1. The summed E-state index contributed by atoms with van der Waals surface area (Å²) in [7, 11) is 1.60. The SMILES string of the molecule is CCCc1nsc(NCC(=O)NC)n1. The average molecular weight is 214 g/mol. The monoisotopic (exact) mass is 214 g/mol. The van der Waals surface area contributed by atoms with E-state index in [0.717, 1.165) is 18.7 Å². The van der Waals surface area contributed by atoms with Gasteiger partial charge in [0.05, 0.1) is 6.54 Å². The van der Waals surface area contributed by atoms with E-state index in [-0.39, 0.29) is 12.5 Å². The maximum Gasteiger partial charge on any atom is 0.239 e. The van der Waals surface area contributed by atoms with Gasteiger partial charge in [-0.05, 0) is 6.42 Å². The number of anilines is 1. The van der Waals surface area contributed by atoms with Crippen LogP contribution in [0.5, 0.6) is 0 Å². The predicted molar refractivity (Wildman–Crippen MR) is 56.5 cm³/mol. The number of aromatic nitrogens is 2. The van der Waals surface area contributed by atoms with Crippen LogP contribution in [0.25, 0.3) is 0 Å². The molecule has 1 aromatic heterocycles. The molecule has 0 radical (unpaired) electrons. The Bertz CT molecular complexity index is 299. The Labute approximate surface area is 87.1 Å². The molecular formula is C8H14N4OS. The van der Waals surface area contributed by atoms with Gasteiger partial charge in [0.1, 0.15) is 5.82 Å². The van der Waals surface area contributed by atoms with Crippen LogP contribution >= 0.6 is 11.5 Å². The third kappa shape index (κ3) is 3.29. The van der Waals surface area contributed by atoms with E-state index in [2.05, 4.69) is 26.9 Å². The summed E-state index contributed by atoms with van der Waals surface area (Å²) in [6.45, 7) is 2.33. The molecule has 0 saturated heterocycles. The Hall–Kier alpha value is -1.17. The van der Waals surface area contributed by atoms with Crippen molar-refractivity contribution in [3.8, 4) is 0 Å². The van der Waals surface area contributed by atoms with Crippen molar-refractivity contribution in [3.63, 3.8) is 0 Å². The van der Waals surface area contributed by atoms with Crippen LogP contribution < -0.4 is 10.6 Å². The van der Waals surface area contributed by atoms with Gasteiger partial charge in [0.2, 0.25) is 11.0 Å². The number of hydrogen-bond donors (Lipinski definition) is 2. The van der Waals surface area contributed by atoms with Crippen LogP contribution in [-0.2, 0) is 11.2 Å². The number of carbonyl (C=O) groups excluding carboxylic acids is 1. The standard InChI is InChI=1S/C8H14N4OS/c1-3-4-6-11-8(14-12-6)10-5-7(13)9-2/h3-5H2,1-2H3,(H,9,13)(H,10,11,12). The van der Waals surface area contributed by atoms with E-state index in [4.69, 9.17) is 0 Å². The topological polar surface area (TPSA) is 66.9 Å². The fourth-order valence-corrected chi connectivity index (χ4v) is 1.50. The molecule has 14 heavy (non-hydrogen) atoms. The molecule has 1 heterocycles. The molecule has 1 aromatic rings. The summed E-state index contributed by atoms with van der Waals surface area (Å²) >= 11 is 1.29. The Balaban J connectivity index is 2.39. The number of nitrogens with zero attached hydrogens (tertiary/aromatic N) is 2. The lowest BCUT2D eigenvalue weighted by Crippen LogP contribution is -2.26. The third-order valence-corrected chi connectivity index (χ3v) is 2.33. The molecule has 6 heteroatoms. The molecule has 0 atom stereocenters. The normalized spacial score (nSPS) is 9.86. The van der Waals surface area contributed by atoms with Gasteiger partial charge < -0.3 is 10.6 Å². The second kappa shape index (κ2) is 5.54. The van der Waals surface area contributed by atoms with Crippen molar-refractivity contribution in [3.05, 3.63) is 5.82 Å². The summed E-state index contributed by atoms with van der Waals surface area (Å²) in [5.74, 6) is 0.786. The molecule has 1 rings (SSSR count). The molecule has 0 aliphatic carbocycles. The van der Waals surface area contributed by atoms with E-state index in [1.54, 1.807) is 7.05 Å². The lowest BCUT2D eigenvalue weighted by molar-refractivity contribution is -0.118. The van der Waals surface area contributed by atoms with Gasteiger partial charge in [0.25, 0.3) is 0 Å². The second-order valence-corrected chi connectivity index (χ2v) is 3.54. The number of hydrogen-bond acceptors (Lipinski definition) is 5. The van der Waals surface area contributed by atoms with Gasteiger partial charge in [0.15, 0.2) is 0 Å². The van der Waals surface area contributed by atoms with E-state index in [1.807, 2.05) is 0 Å². The van der Waals surface area contributed by atoms with Gasteiger partial charge >= 0.3 is 0 Å². The van der Waals surface area contributed by atoms with Crippen LogP contribution in [0.4, 0.5) is 5.13 Å². The van der Waals surface area contributed by atoms with Crippen molar-refractivity contribution in [1.29, 1.82) is 0 Å². The lowest BCUT2D eigenvalue weighted by Gasteiger charge is -1.99. The number of amides is 1. The van der Waals surface area contributed by atoms with Gasteiger partial charge in [-0.3, -0.25) is 4.79 Å². The molecule has 5 nitrogen and oxygen atoms in total. The number of aryl methyl sites for hydroxylation is 1. The highest BCUT2D eigenvalue weighted by Crippen LogP contribution is 2.11. The summed E-state index contributed by atoms with van der Waals surface area (Å²) in [6.07, 6.45) is 1.92. The van der Waals surface area contributed by atoms with Crippen molar-refractivity contribution in [1.82, 2.24) is 14.7 Å². The lowest BCUT2D eigenvalue weighted by atomic mass is 10.3. The van der Waals surface area contributed by atoms with Crippen molar-refractivity contribution in [2.45, 2.75) is 19.8 Å². The summed E-state index contributed by atoms with van der Waals surface area (Å²) in [4.78, 5) is 15.1. The van der Waals surface area contributed by atoms with Gasteiger partial charge in [-0.2, -0.15) is 4.37 Å². The Morgan fingerprint density at radius 2 is 2.36 bits per heavy atom. The zero-order valence-electron chi connectivity index (χ0n) is 8.33. The van der Waals surface area contributed by atoms with Crippen LogP contribution in [0.2, 0.25) is 0 Å². The summed E-state index contributed by atoms with van der Waals surface area (Å²) in [6, 6.07) is 0. The first-order valence-electron chi connectivity index (χ1n) is 4.53. The first kappa shape index (κ1) is 10.9. The molecule has 0 fully saturated rings. The molecular weight excluding hydrogens is 200 g/mol. The van der Waals surface area contributed by atoms with Crippen LogP contribution in [0.1, 0.15) is 19.2 Å². The zero-order valence-corrected chi connectivity index (χ0v) is 9.15. The van der Waals surface area contributed by atoms with Crippen molar-refractivity contribution in [2.24, 2.45) is 0 Å². The summed E-state index contributed by atoms with van der Waals surface area (Å²) in [5, 5.41) is 6.13. The van der Waals surface area contributed by atoms with Crippen LogP contribution in [0, 0.1) is 0 Å². The maximum atomic E-state index is 10.9. The molecule has 0 aromatic carbocycles. The van der Waals surface area contributed by atoms with Crippen LogP contribution in [0.15, 0.2) is 0 Å². The average Bonchev–Trinajstić information content (AvgIpc) is 2.63. The van der Waals surface area contributed by atoms with Gasteiger partial charge in [-0.15, -0.1) is 0 Å². The molecule has 2 N–H and O–H groups in total. The molecule has 0 aliphatic heterocycles. The maximum absolute atomic E-state index is 10.9. The van der Waals surface area contributed by atoms with Gasteiger partial charge in [0, 0.05) is 25.0 Å². The zero-order chi connectivity index (χ0) is 10.4. The molecule has 0 unspecified atom stereocenters. The van der Waals surface area contributed by atoms with Crippen molar-refractivity contribution in [2.75, 3.05) is 18.9 Å². The van der Waals surface area contributed by atoms with Crippen molar-refractivity contribution >= 4 is 22.6 Å². The first-order valence-corrected chi connectivity index (χ1v) is 5.30. The first-order chi connectivity index (χ1) is 6.76. The molecule has 1 amide bonds. The Morgan fingerprint density at radius 3 is 3.00 bits per heavy atom. The third-order valence-electron chi connectivity index (χ3n) is 1.62. The minimum atomic E-state index is -0.0581. The highest BCUT2D eigenvalue weighted by atomic mass is 32.1. The van der Waals surface area contributed by atoms with E-state index in [1.165, 1.54) is 11.5 Å². The second-order valence-electron chi connectivity index (χ2n) is 2.79. The number of rotatable bonds is 5. The van der Waals surface area contributed by atoms with Crippen LogP contribution in [0.3, 0.4) is 0 Å². The minimum absolute atomic E-state index is 0.0581. The largest absolute Gasteiger partial charge is 0.358 e. The smallest absolute Gasteiger partial charge is 0.239 e.